The number of aliphatic hydroxyl groups is 1. The molecule has 0 saturated carbocycles. The Labute approximate surface area is 115 Å². The van der Waals surface area contributed by atoms with Crippen LogP contribution in [-0.2, 0) is 0 Å². The van der Waals surface area contributed by atoms with Gasteiger partial charge < -0.3 is 19.3 Å². The van der Waals surface area contributed by atoms with E-state index in [0.717, 1.165) is 0 Å². The Balaban J connectivity index is 1.87. The largest absolute Gasteiger partial charge is 0.467 e. The summed E-state index contributed by atoms with van der Waals surface area (Å²) in [6, 6.07) is 6.14. The van der Waals surface area contributed by atoms with Crippen molar-refractivity contribution in [3.05, 3.63) is 47.3 Å². The monoisotopic (exact) mass is 283 g/mol. The van der Waals surface area contributed by atoms with Crippen molar-refractivity contribution in [3.63, 3.8) is 0 Å². The maximum Gasteiger partial charge on any atom is 0.287 e. The molecule has 0 radical (unpaired) electrons. The average Bonchev–Trinajstić information content (AvgIpc) is 2.98. The van der Waals surface area contributed by atoms with E-state index in [4.69, 9.17) is 20.4 Å². The highest BCUT2D eigenvalue weighted by atomic mass is 35.5. The average molecular weight is 284 g/mol. The second-order valence-electron chi connectivity index (χ2n) is 4.25. The lowest BCUT2D eigenvalue weighted by Gasteiger charge is -2.15. The van der Waals surface area contributed by atoms with Crippen molar-refractivity contribution in [3.8, 4) is 0 Å². The minimum atomic E-state index is -0.759. The summed E-state index contributed by atoms with van der Waals surface area (Å²) in [4.78, 5) is 11.8. The van der Waals surface area contributed by atoms with E-state index in [2.05, 4.69) is 5.32 Å². The molecule has 0 aliphatic rings. The third-order valence-electron chi connectivity index (χ3n) is 2.62. The number of halogens is 1. The first-order valence-electron chi connectivity index (χ1n) is 5.84. The minimum Gasteiger partial charge on any atom is -0.467 e. The third kappa shape index (κ3) is 3.62. The molecule has 2 unspecified atom stereocenters. The molecule has 5 nitrogen and oxygen atoms in total. The molecule has 0 saturated heterocycles. The SMILES string of the molecule is CC(CC(O)c1ccco1)NC(=O)c1ccc(Cl)o1. The van der Waals surface area contributed by atoms with E-state index in [0.29, 0.717) is 12.2 Å². The van der Waals surface area contributed by atoms with Crippen molar-refractivity contribution >= 4 is 17.5 Å². The van der Waals surface area contributed by atoms with Gasteiger partial charge in [0, 0.05) is 12.5 Å². The van der Waals surface area contributed by atoms with E-state index in [1.807, 2.05) is 0 Å². The summed E-state index contributed by atoms with van der Waals surface area (Å²) >= 11 is 5.59. The van der Waals surface area contributed by atoms with Crippen molar-refractivity contribution < 1.29 is 18.7 Å². The first-order chi connectivity index (χ1) is 9.06. The highest BCUT2D eigenvalue weighted by Gasteiger charge is 2.18. The van der Waals surface area contributed by atoms with Crippen LogP contribution < -0.4 is 5.32 Å². The van der Waals surface area contributed by atoms with E-state index < -0.39 is 6.10 Å². The van der Waals surface area contributed by atoms with E-state index in [9.17, 15) is 9.90 Å². The number of amides is 1. The molecule has 0 aliphatic carbocycles. The number of furan rings is 2. The fourth-order valence-electron chi connectivity index (χ4n) is 1.72. The van der Waals surface area contributed by atoms with Gasteiger partial charge in [-0.1, -0.05) is 0 Å². The molecule has 6 heteroatoms. The fraction of sp³-hybridized carbons (Fsp3) is 0.308. The molecule has 0 spiro atoms. The van der Waals surface area contributed by atoms with E-state index in [1.165, 1.54) is 18.4 Å². The van der Waals surface area contributed by atoms with Crippen molar-refractivity contribution in [2.45, 2.75) is 25.5 Å². The predicted molar refractivity (Wildman–Crippen MR) is 68.9 cm³/mol. The van der Waals surface area contributed by atoms with Crippen LogP contribution in [-0.4, -0.2) is 17.1 Å². The number of carbonyl (C=O) groups excluding carboxylic acids is 1. The normalized spacial score (nSPS) is 14.1. The van der Waals surface area contributed by atoms with Gasteiger partial charge in [-0.3, -0.25) is 4.79 Å². The van der Waals surface area contributed by atoms with Crippen molar-refractivity contribution in [2.24, 2.45) is 0 Å². The zero-order valence-corrected chi connectivity index (χ0v) is 11.1. The highest BCUT2D eigenvalue weighted by molar-refractivity contribution is 6.29. The highest BCUT2D eigenvalue weighted by Crippen LogP contribution is 2.19. The summed E-state index contributed by atoms with van der Waals surface area (Å²) in [7, 11) is 0. The van der Waals surface area contributed by atoms with Crippen LogP contribution in [0.1, 0.15) is 35.8 Å². The summed E-state index contributed by atoms with van der Waals surface area (Å²) in [5.41, 5.74) is 0. The van der Waals surface area contributed by atoms with Crippen LogP contribution in [0.25, 0.3) is 0 Å². The van der Waals surface area contributed by atoms with Crippen molar-refractivity contribution in [1.82, 2.24) is 5.32 Å². The summed E-state index contributed by atoms with van der Waals surface area (Å²) in [6.45, 7) is 1.79. The number of aliphatic hydroxyl groups excluding tert-OH is 1. The Morgan fingerprint density at radius 3 is 2.84 bits per heavy atom. The minimum absolute atomic E-state index is 0.143. The first-order valence-corrected chi connectivity index (χ1v) is 6.21. The molecule has 2 atom stereocenters. The number of hydrogen-bond donors (Lipinski definition) is 2. The number of nitrogens with one attached hydrogen (secondary N) is 1. The van der Waals surface area contributed by atoms with Gasteiger partial charge in [0.2, 0.25) is 0 Å². The number of hydrogen-bond acceptors (Lipinski definition) is 4. The second kappa shape index (κ2) is 5.95. The van der Waals surface area contributed by atoms with Gasteiger partial charge in [-0.15, -0.1) is 0 Å². The van der Waals surface area contributed by atoms with E-state index >= 15 is 0 Å². The van der Waals surface area contributed by atoms with Crippen LogP contribution in [0.15, 0.2) is 39.4 Å². The Kier molecular flexibility index (Phi) is 4.29. The lowest BCUT2D eigenvalue weighted by atomic mass is 10.1. The van der Waals surface area contributed by atoms with Crippen molar-refractivity contribution in [2.75, 3.05) is 0 Å². The van der Waals surface area contributed by atoms with E-state index in [-0.39, 0.29) is 22.9 Å². The lowest BCUT2D eigenvalue weighted by molar-refractivity contribution is 0.0876. The summed E-state index contributed by atoms with van der Waals surface area (Å²) in [5.74, 6) is 0.248. The smallest absolute Gasteiger partial charge is 0.287 e. The molecule has 0 bridgehead atoms. The van der Waals surface area contributed by atoms with Gasteiger partial charge in [-0.05, 0) is 42.8 Å². The molecule has 19 heavy (non-hydrogen) atoms. The fourth-order valence-corrected chi connectivity index (χ4v) is 1.87. The van der Waals surface area contributed by atoms with Gasteiger partial charge in [0.05, 0.1) is 6.26 Å². The number of rotatable bonds is 5. The van der Waals surface area contributed by atoms with Crippen molar-refractivity contribution in [1.29, 1.82) is 0 Å². The molecule has 2 heterocycles. The standard InChI is InChI=1S/C13H14ClNO4/c1-8(7-9(16)10-3-2-6-18-10)15-13(17)11-4-5-12(14)19-11/h2-6,8-9,16H,7H2,1H3,(H,15,17). The van der Waals surface area contributed by atoms with Crippen LogP contribution in [0.3, 0.4) is 0 Å². The zero-order valence-electron chi connectivity index (χ0n) is 10.3. The van der Waals surface area contributed by atoms with Gasteiger partial charge in [0.25, 0.3) is 5.91 Å². The van der Waals surface area contributed by atoms with Crippen LogP contribution in [0.2, 0.25) is 5.22 Å². The van der Waals surface area contributed by atoms with Crippen LogP contribution in [0.5, 0.6) is 0 Å². The molecule has 0 fully saturated rings. The van der Waals surface area contributed by atoms with Crippen LogP contribution >= 0.6 is 11.6 Å². The Morgan fingerprint density at radius 1 is 1.47 bits per heavy atom. The lowest BCUT2D eigenvalue weighted by Crippen LogP contribution is -2.33. The molecule has 1 amide bonds. The molecule has 102 valence electrons. The third-order valence-corrected chi connectivity index (χ3v) is 2.83. The van der Waals surface area contributed by atoms with Gasteiger partial charge in [0.15, 0.2) is 11.0 Å². The zero-order chi connectivity index (χ0) is 13.8. The maximum atomic E-state index is 11.8. The van der Waals surface area contributed by atoms with Crippen LogP contribution in [0, 0.1) is 0 Å². The summed E-state index contributed by atoms with van der Waals surface area (Å²) in [5, 5.41) is 12.7. The first kappa shape index (κ1) is 13.7. The van der Waals surface area contributed by atoms with Gasteiger partial charge in [0.1, 0.15) is 11.9 Å². The second-order valence-corrected chi connectivity index (χ2v) is 4.62. The summed E-state index contributed by atoms with van der Waals surface area (Å²) in [6.07, 6.45) is 1.07. The maximum absolute atomic E-state index is 11.8. The molecule has 2 rings (SSSR count). The molecule has 2 aromatic heterocycles. The molecule has 2 aromatic rings. The van der Waals surface area contributed by atoms with E-state index in [1.54, 1.807) is 19.1 Å². The predicted octanol–water partition coefficient (Wildman–Crippen LogP) is 2.77. The topological polar surface area (TPSA) is 75.6 Å². The molecular weight excluding hydrogens is 270 g/mol. The van der Waals surface area contributed by atoms with Gasteiger partial charge >= 0.3 is 0 Å². The Bertz CT molecular complexity index is 535. The van der Waals surface area contributed by atoms with Gasteiger partial charge in [-0.25, -0.2) is 0 Å². The summed E-state index contributed by atoms with van der Waals surface area (Å²) < 4.78 is 10.1. The quantitative estimate of drug-likeness (QED) is 0.885. The number of carbonyl (C=O) groups is 1. The molecular formula is C13H14ClNO4. The molecule has 2 N–H and O–H groups in total. The Morgan fingerprint density at radius 2 is 2.26 bits per heavy atom. The Hall–Kier alpha value is -1.72. The molecule has 0 aromatic carbocycles. The van der Waals surface area contributed by atoms with Gasteiger partial charge in [-0.2, -0.15) is 0 Å². The van der Waals surface area contributed by atoms with Crippen LogP contribution in [0.4, 0.5) is 0 Å². The molecule has 0 aliphatic heterocycles.